The zero-order chi connectivity index (χ0) is 11.5. The molecule has 0 unspecified atom stereocenters. The molecular formula is C10H12FIN2O2. The standard InChI is InChI=1S/C10H12FIN2O2/c11-10-9(8(12)1-2-13-10)16-5-6-3-7(15)4-14-6/h1-2,6-7,14-15H,3-5H2/t6-,7-/m0/s1. The quantitative estimate of drug-likeness (QED) is 0.636. The van der Waals surface area contributed by atoms with Crippen LogP contribution in [-0.2, 0) is 0 Å². The van der Waals surface area contributed by atoms with Crippen molar-refractivity contribution in [2.24, 2.45) is 0 Å². The molecule has 2 rings (SSSR count). The topological polar surface area (TPSA) is 54.4 Å². The molecule has 88 valence electrons. The second-order valence-corrected chi connectivity index (χ2v) is 4.88. The number of rotatable bonds is 3. The highest BCUT2D eigenvalue weighted by molar-refractivity contribution is 14.1. The number of nitrogens with one attached hydrogen (secondary N) is 1. The first-order valence-electron chi connectivity index (χ1n) is 5.01. The van der Waals surface area contributed by atoms with Crippen molar-refractivity contribution in [2.45, 2.75) is 18.6 Å². The maximum atomic E-state index is 13.3. The van der Waals surface area contributed by atoms with Crippen molar-refractivity contribution in [2.75, 3.05) is 13.2 Å². The predicted octanol–water partition coefficient (Wildman–Crippen LogP) is 0.927. The van der Waals surface area contributed by atoms with Gasteiger partial charge in [0.2, 0.25) is 0 Å². The fourth-order valence-corrected chi connectivity index (χ4v) is 2.18. The van der Waals surface area contributed by atoms with Crippen molar-refractivity contribution in [3.8, 4) is 5.75 Å². The highest BCUT2D eigenvalue weighted by atomic mass is 127. The average Bonchev–Trinajstić information content (AvgIpc) is 2.63. The summed E-state index contributed by atoms with van der Waals surface area (Å²) in [7, 11) is 0. The van der Waals surface area contributed by atoms with Crippen LogP contribution in [0.1, 0.15) is 6.42 Å². The molecule has 0 spiro atoms. The van der Waals surface area contributed by atoms with E-state index in [0.717, 1.165) is 0 Å². The summed E-state index contributed by atoms with van der Waals surface area (Å²) in [5.41, 5.74) is 0. The Labute approximate surface area is 106 Å². The number of hydrogen-bond acceptors (Lipinski definition) is 4. The highest BCUT2D eigenvalue weighted by Gasteiger charge is 2.23. The number of halogens is 2. The van der Waals surface area contributed by atoms with E-state index < -0.39 is 5.95 Å². The van der Waals surface area contributed by atoms with Crippen molar-refractivity contribution in [3.63, 3.8) is 0 Å². The van der Waals surface area contributed by atoms with E-state index in [1.165, 1.54) is 6.20 Å². The summed E-state index contributed by atoms with van der Waals surface area (Å²) in [5, 5.41) is 12.4. The maximum Gasteiger partial charge on any atom is 0.256 e. The first-order valence-corrected chi connectivity index (χ1v) is 6.09. The van der Waals surface area contributed by atoms with Gasteiger partial charge in [0.1, 0.15) is 6.61 Å². The molecule has 1 fully saturated rings. The number of aliphatic hydroxyl groups excluding tert-OH is 1. The van der Waals surface area contributed by atoms with Gasteiger partial charge in [-0.2, -0.15) is 4.39 Å². The van der Waals surface area contributed by atoms with Crippen LogP contribution < -0.4 is 10.1 Å². The minimum Gasteiger partial charge on any atom is -0.486 e. The molecular weight excluding hydrogens is 326 g/mol. The van der Waals surface area contributed by atoms with Gasteiger partial charge in [-0.05, 0) is 35.1 Å². The molecule has 4 nitrogen and oxygen atoms in total. The Morgan fingerprint density at radius 1 is 1.69 bits per heavy atom. The van der Waals surface area contributed by atoms with Gasteiger partial charge in [0.15, 0.2) is 5.75 Å². The highest BCUT2D eigenvalue weighted by Crippen LogP contribution is 2.23. The van der Waals surface area contributed by atoms with Gasteiger partial charge in [-0.1, -0.05) is 0 Å². The second-order valence-electron chi connectivity index (χ2n) is 3.72. The third-order valence-electron chi connectivity index (χ3n) is 2.44. The Balaban J connectivity index is 1.94. The largest absolute Gasteiger partial charge is 0.486 e. The van der Waals surface area contributed by atoms with E-state index in [2.05, 4.69) is 10.3 Å². The van der Waals surface area contributed by atoms with Gasteiger partial charge in [-0.25, -0.2) is 4.98 Å². The molecule has 0 aromatic carbocycles. The SMILES string of the molecule is O[C@@H]1CN[C@H](COc2c(I)ccnc2F)C1. The number of aromatic nitrogens is 1. The summed E-state index contributed by atoms with van der Waals surface area (Å²) in [6.07, 6.45) is 1.71. The minimum absolute atomic E-state index is 0.0745. The first kappa shape index (κ1) is 12.0. The van der Waals surface area contributed by atoms with Crippen molar-refractivity contribution < 1.29 is 14.2 Å². The van der Waals surface area contributed by atoms with Crippen LogP contribution >= 0.6 is 22.6 Å². The summed E-state index contributed by atoms with van der Waals surface area (Å²) >= 11 is 2.00. The molecule has 0 bridgehead atoms. The zero-order valence-electron chi connectivity index (χ0n) is 8.49. The van der Waals surface area contributed by atoms with Gasteiger partial charge in [0.05, 0.1) is 9.67 Å². The molecule has 0 amide bonds. The third-order valence-corrected chi connectivity index (χ3v) is 3.29. The smallest absolute Gasteiger partial charge is 0.256 e. The summed E-state index contributed by atoms with van der Waals surface area (Å²) in [5.74, 6) is -0.406. The second kappa shape index (κ2) is 5.24. The van der Waals surface area contributed by atoms with Crippen LogP contribution in [0.2, 0.25) is 0 Å². The number of nitrogens with zero attached hydrogens (tertiary/aromatic N) is 1. The lowest BCUT2D eigenvalue weighted by Crippen LogP contribution is -2.28. The lowest BCUT2D eigenvalue weighted by atomic mass is 10.2. The molecule has 0 saturated carbocycles. The zero-order valence-corrected chi connectivity index (χ0v) is 10.6. The van der Waals surface area contributed by atoms with Crippen LogP contribution in [0.25, 0.3) is 0 Å². The Hall–Kier alpha value is -0.470. The van der Waals surface area contributed by atoms with E-state index in [4.69, 9.17) is 4.74 Å². The molecule has 1 aliphatic rings. The van der Waals surface area contributed by atoms with E-state index in [1.807, 2.05) is 22.6 Å². The molecule has 2 heterocycles. The van der Waals surface area contributed by atoms with Gasteiger partial charge in [0, 0.05) is 18.8 Å². The monoisotopic (exact) mass is 338 g/mol. The fraction of sp³-hybridized carbons (Fsp3) is 0.500. The first-order chi connectivity index (χ1) is 7.66. The van der Waals surface area contributed by atoms with E-state index >= 15 is 0 Å². The predicted molar refractivity (Wildman–Crippen MR) is 64.8 cm³/mol. The normalized spacial score (nSPS) is 24.7. The number of hydrogen-bond donors (Lipinski definition) is 2. The maximum absolute atomic E-state index is 13.3. The third kappa shape index (κ3) is 2.80. The number of β-amino-alcohol motifs (C(OH)–C–C–N with tert-alkyl or cyclic N) is 1. The molecule has 2 atom stereocenters. The van der Waals surface area contributed by atoms with Crippen LogP contribution in [0.5, 0.6) is 5.75 Å². The lowest BCUT2D eigenvalue weighted by molar-refractivity contribution is 0.186. The molecule has 16 heavy (non-hydrogen) atoms. The van der Waals surface area contributed by atoms with Crippen LogP contribution in [-0.4, -0.2) is 35.4 Å². The summed E-state index contributed by atoms with van der Waals surface area (Å²) in [4.78, 5) is 3.53. The van der Waals surface area contributed by atoms with Gasteiger partial charge in [-0.3, -0.25) is 0 Å². The Morgan fingerprint density at radius 3 is 3.12 bits per heavy atom. The van der Waals surface area contributed by atoms with Crippen molar-refractivity contribution in [1.82, 2.24) is 10.3 Å². The molecule has 0 radical (unpaired) electrons. The van der Waals surface area contributed by atoms with Gasteiger partial charge in [-0.15, -0.1) is 0 Å². The summed E-state index contributed by atoms with van der Waals surface area (Å²) in [6, 6.07) is 1.76. The molecule has 6 heteroatoms. The Morgan fingerprint density at radius 2 is 2.50 bits per heavy atom. The molecule has 1 saturated heterocycles. The molecule has 2 N–H and O–H groups in total. The van der Waals surface area contributed by atoms with Gasteiger partial charge < -0.3 is 15.2 Å². The van der Waals surface area contributed by atoms with Crippen molar-refractivity contribution in [1.29, 1.82) is 0 Å². The summed E-state index contributed by atoms with van der Waals surface area (Å²) < 4.78 is 19.4. The number of ether oxygens (including phenoxy) is 1. The Bertz CT molecular complexity index is 358. The van der Waals surface area contributed by atoms with E-state index in [-0.39, 0.29) is 17.9 Å². The fourth-order valence-electron chi connectivity index (χ4n) is 1.64. The van der Waals surface area contributed by atoms with E-state index in [0.29, 0.717) is 23.1 Å². The Kier molecular flexibility index (Phi) is 3.93. The van der Waals surface area contributed by atoms with Crippen LogP contribution in [0.4, 0.5) is 4.39 Å². The minimum atomic E-state index is -0.592. The lowest BCUT2D eigenvalue weighted by Gasteiger charge is -2.13. The van der Waals surface area contributed by atoms with E-state index in [9.17, 15) is 9.50 Å². The van der Waals surface area contributed by atoms with E-state index in [1.54, 1.807) is 6.07 Å². The molecule has 1 aromatic rings. The molecule has 1 aromatic heterocycles. The van der Waals surface area contributed by atoms with Crippen molar-refractivity contribution >= 4 is 22.6 Å². The van der Waals surface area contributed by atoms with Gasteiger partial charge in [0.25, 0.3) is 5.95 Å². The molecule has 0 aliphatic carbocycles. The number of pyridine rings is 1. The van der Waals surface area contributed by atoms with Crippen molar-refractivity contribution in [3.05, 3.63) is 21.8 Å². The van der Waals surface area contributed by atoms with Crippen LogP contribution in [0.3, 0.4) is 0 Å². The van der Waals surface area contributed by atoms with Crippen LogP contribution in [0.15, 0.2) is 12.3 Å². The average molecular weight is 338 g/mol. The summed E-state index contributed by atoms with van der Waals surface area (Å²) in [6.45, 7) is 0.913. The van der Waals surface area contributed by atoms with Gasteiger partial charge >= 0.3 is 0 Å². The van der Waals surface area contributed by atoms with Crippen LogP contribution in [0, 0.1) is 9.52 Å². The molecule has 1 aliphatic heterocycles. The number of aliphatic hydroxyl groups is 1.